The minimum atomic E-state index is -1.11. The normalized spacial score (nSPS) is 15.2. The van der Waals surface area contributed by atoms with E-state index in [0.717, 1.165) is 12.8 Å². The van der Waals surface area contributed by atoms with Gasteiger partial charge in [-0.05, 0) is 61.2 Å². The molecule has 166 valence electrons. The number of carbonyl (C=O) groups is 1. The summed E-state index contributed by atoms with van der Waals surface area (Å²) in [6.45, 7) is 2.20. The number of rotatable bonds is 9. The third-order valence-corrected chi connectivity index (χ3v) is 5.64. The SMILES string of the molecule is CCCCCCCC1=CCC(c2cc(F)c(C(=O)Oc3ccc(C#N)cc3)c(F)c2)C=C1. The van der Waals surface area contributed by atoms with Crippen molar-refractivity contribution in [1.29, 1.82) is 5.26 Å². The van der Waals surface area contributed by atoms with Gasteiger partial charge in [-0.25, -0.2) is 13.6 Å². The van der Waals surface area contributed by atoms with Gasteiger partial charge in [0.1, 0.15) is 22.9 Å². The van der Waals surface area contributed by atoms with Gasteiger partial charge in [-0.15, -0.1) is 0 Å². The van der Waals surface area contributed by atoms with Gasteiger partial charge in [0, 0.05) is 5.92 Å². The van der Waals surface area contributed by atoms with Crippen LogP contribution in [0.1, 0.15) is 79.3 Å². The molecule has 1 aliphatic rings. The van der Waals surface area contributed by atoms with Crippen molar-refractivity contribution in [1.82, 2.24) is 0 Å². The highest BCUT2D eigenvalue weighted by atomic mass is 19.1. The molecule has 0 heterocycles. The van der Waals surface area contributed by atoms with Crippen LogP contribution in [0, 0.1) is 23.0 Å². The van der Waals surface area contributed by atoms with Gasteiger partial charge in [0.25, 0.3) is 0 Å². The molecule has 0 aromatic heterocycles. The van der Waals surface area contributed by atoms with Gasteiger partial charge >= 0.3 is 5.97 Å². The minimum Gasteiger partial charge on any atom is -0.423 e. The van der Waals surface area contributed by atoms with Crippen LogP contribution in [0.2, 0.25) is 0 Å². The maximum absolute atomic E-state index is 14.7. The van der Waals surface area contributed by atoms with Crippen molar-refractivity contribution in [2.75, 3.05) is 0 Å². The zero-order valence-corrected chi connectivity index (χ0v) is 18.2. The molecule has 0 fully saturated rings. The number of nitriles is 1. The smallest absolute Gasteiger partial charge is 0.349 e. The molecule has 0 spiro atoms. The number of ether oxygens (including phenoxy) is 1. The van der Waals surface area contributed by atoms with E-state index in [4.69, 9.17) is 10.00 Å². The van der Waals surface area contributed by atoms with Gasteiger partial charge in [0.05, 0.1) is 11.6 Å². The number of nitrogens with zero attached hydrogens (tertiary/aromatic N) is 1. The van der Waals surface area contributed by atoms with Crippen LogP contribution in [0.4, 0.5) is 8.78 Å². The number of hydrogen-bond donors (Lipinski definition) is 0. The Bertz CT molecular complexity index is 1030. The molecule has 1 atom stereocenters. The summed E-state index contributed by atoms with van der Waals surface area (Å²) in [4.78, 5) is 12.3. The molecule has 0 amide bonds. The molecule has 3 nitrogen and oxygen atoms in total. The highest BCUT2D eigenvalue weighted by molar-refractivity contribution is 5.91. The lowest BCUT2D eigenvalue weighted by atomic mass is 9.88. The van der Waals surface area contributed by atoms with Gasteiger partial charge in [-0.3, -0.25) is 0 Å². The zero-order valence-electron chi connectivity index (χ0n) is 18.2. The molecule has 1 unspecified atom stereocenters. The van der Waals surface area contributed by atoms with Crippen LogP contribution in [0.3, 0.4) is 0 Å². The Labute approximate surface area is 188 Å². The second-order valence-electron chi connectivity index (χ2n) is 8.03. The molecule has 0 saturated heterocycles. The van der Waals surface area contributed by atoms with Gasteiger partial charge in [-0.1, -0.05) is 56.4 Å². The van der Waals surface area contributed by atoms with Crippen LogP contribution < -0.4 is 4.74 Å². The topological polar surface area (TPSA) is 50.1 Å². The van der Waals surface area contributed by atoms with E-state index < -0.39 is 23.2 Å². The maximum atomic E-state index is 14.7. The monoisotopic (exact) mass is 435 g/mol. The Morgan fingerprint density at radius 1 is 1.09 bits per heavy atom. The summed E-state index contributed by atoms with van der Waals surface area (Å²) in [5, 5.41) is 8.81. The molecule has 5 heteroatoms. The number of unbranched alkanes of at least 4 members (excludes halogenated alkanes) is 4. The second kappa shape index (κ2) is 11.4. The lowest BCUT2D eigenvalue weighted by Gasteiger charge is -2.18. The fraction of sp³-hybridized carbons (Fsp3) is 0.333. The first-order valence-corrected chi connectivity index (χ1v) is 11.1. The van der Waals surface area contributed by atoms with Crippen molar-refractivity contribution in [2.45, 2.75) is 57.8 Å². The van der Waals surface area contributed by atoms with E-state index in [1.54, 1.807) is 0 Å². The van der Waals surface area contributed by atoms with E-state index in [0.29, 0.717) is 17.5 Å². The van der Waals surface area contributed by atoms with Crippen molar-refractivity contribution in [3.8, 4) is 11.8 Å². The van der Waals surface area contributed by atoms with Crippen LogP contribution in [0.25, 0.3) is 0 Å². The van der Waals surface area contributed by atoms with Crippen LogP contribution in [-0.4, -0.2) is 5.97 Å². The number of esters is 1. The van der Waals surface area contributed by atoms with Crippen LogP contribution in [-0.2, 0) is 0 Å². The Morgan fingerprint density at radius 3 is 2.38 bits per heavy atom. The van der Waals surface area contributed by atoms with E-state index in [-0.39, 0.29) is 11.7 Å². The molecule has 0 saturated carbocycles. The third-order valence-electron chi connectivity index (χ3n) is 5.64. The standard InChI is InChI=1S/C27H27F2NO2/c1-2-3-4-5-6-7-19-8-12-21(13-9-19)22-16-24(28)26(25(29)17-22)27(31)32-23-14-10-20(18-30)11-15-23/h8-12,14-17,21H,2-7,13H2,1H3. The lowest BCUT2D eigenvalue weighted by Crippen LogP contribution is -2.14. The van der Waals surface area contributed by atoms with Crippen molar-refractivity contribution in [2.24, 2.45) is 0 Å². The first-order valence-electron chi connectivity index (χ1n) is 11.1. The molecule has 32 heavy (non-hydrogen) atoms. The van der Waals surface area contributed by atoms with E-state index in [1.807, 2.05) is 18.2 Å². The quantitative estimate of drug-likeness (QED) is 0.234. The Hall–Kier alpha value is -3.26. The van der Waals surface area contributed by atoms with E-state index >= 15 is 0 Å². The first-order chi connectivity index (χ1) is 15.5. The summed E-state index contributed by atoms with van der Waals surface area (Å²) in [6.07, 6.45) is 14.0. The summed E-state index contributed by atoms with van der Waals surface area (Å²) < 4.78 is 34.4. The Kier molecular flexibility index (Phi) is 8.33. The summed E-state index contributed by atoms with van der Waals surface area (Å²) in [5.74, 6) is -3.03. The fourth-order valence-electron chi connectivity index (χ4n) is 3.79. The molecule has 0 radical (unpaired) electrons. The molecule has 0 bridgehead atoms. The van der Waals surface area contributed by atoms with E-state index in [1.165, 1.54) is 67.7 Å². The minimum absolute atomic E-state index is 0.111. The van der Waals surface area contributed by atoms with Crippen molar-refractivity contribution in [3.05, 3.63) is 88.5 Å². The van der Waals surface area contributed by atoms with Gasteiger partial charge < -0.3 is 4.74 Å². The molecular formula is C27H27F2NO2. The van der Waals surface area contributed by atoms with E-state index in [2.05, 4.69) is 13.0 Å². The number of allylic oxidation sites excluding steroid dienone is 4. The summed E-state index contributed by atoms with van der Waals surface area (Å²) in [7, 11) is 0. The fourth-order valence-corrected chi connectivity index (χ4v) is 3.79. The van der Waals surface area contributed by atoms with Gasteiger partial charge in [0.2, 0.25) is 0 Å². The third kappa shape index (κ3) is 6.13. The maximum Gasteiger partial charge on any atom is 0.349 e. The Morgan fingerprint density at radius 2 is 1.78 bits per heavy atom. The highest BCUT2D eigenvalue weighted by Gasteiger charge is 2.23. The van der Waals surface area contributed by atoms with Gasteiger partial charge in [-0.2, -0.15) is 5.26 Å². The molecule has 2 aromatic rings. The van der Waals surface area contributed by atoms with Gasteiger partial charge in [0.15, 0.2) is 0 Å². The highest BCUT2D eigenvalue weighted by Crippen LogP contribution is 2.31. The number of carbonyl (C=O) groups excluding carboxylic acids is 1. The molecule has 0 N–H and O–H groups in total. The van der Waals surface area contributed by atoms with Crippen molar-refractivity contribution in [3.63, 3.8) is 0 Å². The van der Waals surface area contributed by atoms with Crippen molar-refractivity contribution < 1.29 is 18.3 Å². The largest absolute Gasteiger partial charge is 0.423 e. The second-order valence-corrected chi connectivity index (χ2v) is 8.03. The number of halogens is 2. The summed E-state index contributed by atoms with van der Waals surface area (Å²) in [5.41, 5.74) is 1.42. The van der Waals surface area contributed by atoms with Crippen molar-refractivity contribution >= 4 is 5.97 Å². The molecule has 0 aliphatic heterocycles. The average molecular weight is 436 g/mol. The summed E-state index contributed by atoms with van der Waals surface area (Å²) >= 11 is 0. The zero-order chi connectivity index (χ0) is 22.9. The molecule has 2 aromatic carbocycles. The van der Waals surface area contributed by atoms with Crippen LogP contribution in [0.5, 0.6) is 5.75 Å². The Balaban J connectivity index is 1.62. The average Bonchev–Trinajstić information content (AvgIpc) is 2.79. The predicted molar refractivity (Wildman–Crippen MR) is 120 cm³/mol. The molecule has 1 aliphatic carbocycles. The summed E-state index contributed by atoms with van der Waals surface area (Å²) in [6, 6.07) is 10.1. The molecular weight excluding hydrogens is 408 g/mol. The molecule has 3 rings (SSSR count). The lowest BCUT2D eigenvalue weighted by molar-refractivity contribution is 0.0724. The number of hydrogen-bond acceptors (Lipinski definition) is 3. The van der Waals surface area contributed by atoms with Crippen LogP contribution >= 0.6 is 0 Å². The number of benzene rings is 2. The van der Waals surface area contributed by atoms with E-state index in [9.17, 15) is 13.6 Å². The van der Waals surface area contributed by atoms with Crippen LogP contribution in [0.15, 0.2) is 60.2 Å². The first kappa shape index (κ1) is 23.4. The predicted octanol–water partition coefficient (Wildman–Crippen LogP) is 7.39.